The van der Waals surface area contributed by atoms with Crippen LogP contribution in [0.2, 0.25) is 0 Å². The Labute approximate surface area is 168 Å². The summed E-state index contributed by atoms with van der Waals surface area (Å²) in [5.74, 6) is 0.795. The molecule has 1 aromatic rings. The number of carbonyl (C=O) groups excluding carboxylic acids is 1. The zero-order valence-electron chi connectivity index (χ0n) is 16.8. The summed E-state index contributed by atoms with van der Waals surface area (Å²) in [5.41, 5.74) is 6.51. The van der Waals surface area contributed by atoms with Gasteiger partial charge in [-0.2, -0.15) is 0 Å². The number of urea groups is 1. The molecule has 1 atom stereocenters. The largest absolute Gasteiger partial charge is 0.491 e. The van der Waals surface area contributed by atoms with Crippen molar-refractivity contribution in [2.24, 2.45) is 5.73 Å². The van der Waals surface area contributed by atoms with Crippen molar-refractivity contribution in [2.45, 2.75) is 38.3 Å². The van der Waals surface area contributed by atoms with Crippen LogP contribution in [0.4, 0.5) is 4.79 Å². The first-order valence-electron chi connectivity index (χ1n) is 10.5. The molecule has 0 saturated carbocycles. The molecular weight excluding hydrogens is 356 g/mol. The fraction of sp³-hybridized carbons (Fsp3) is 0.667. The van der Waals surface area contributed by atoms with Crippen molar-refractivity contribution in [3.05, 3.63) is 29.8 Å². The number of hydrogen-bond donors (Lipinski definition) is 2. The number of rotatable bonds is 7. The van der Waals surface area contributed by atoms with Gasteiger partial charge < -0.3 is 25.4 Å². The number of aliphatic hydroxyl groups is 1. The van der Waals surface area contributed by atoms with Gasteiger partial charge in [-0.1, -0.05) is 25.0 Å². The first-order valence-corrected chi connectivity index (χ1v) is 10.5. The molecule has 0 aliphatic carbocycles. The molecule has 0 radical (unpaired) electrons. The average Bonchev–Trinajstić information content (AvgIpc) is 2.96. The molecule has 2 saturated heterocycles. The Balaban J connectivity index is 1.42. The lowest BCUT2D eigenvalue weighted by Gasteiger charge is -2.33. The Bertz CT molecular complexity index is 611. The number of amides is 2. The Hall–Kier alpha value is -1.83. The molecule has 0 aromatic heterocycles. The number of nitrogens with zero attached hydrogens (tertiary/aromatic N) is 3. The van der Waals surface area contributed by atoms with Crippen LogP contribution in [-0.2, 0) is 6.54 Å². The first kappa shape index (κ1) is 20.9. The summed E-state index contributed by atoms with van der Waals surface area (Å²) in [6, 6.07) is 7.72. The highest BCUT2D eigenvalue weighted by atomic mass is 16.5. The SMILES string of the molecule is NC(=O)N1CCN(Cc2cccc(OC[C@@H](O)CN3CCCCCC3)c2)CC1. The molecule has 2 aliphatic rings. The number of benzene rings is 1. The van der Waals surface area contributed by atoms with Crippen LogP contribution in [0.15, 0.2) is 24.3 Å². The minimum atomic E-state index is -0.469. The first-order chi connectivity index (χ1) is 13.6. The predicted molar refractivity (Wildman–Crippen MR) is 109 cm³/mol. The van der Waals surface area contributed by atoms with Crippen LogP contribution in [0.3, 0.4) is 0 Å². The summed E-state index contributed by atoms with van der Waals surface area (Å²) in [5, 5.41) is 10.3. The molecule has 156 valence electrons. The smallest absolute Gasteiger partial charge is 0.314 e. The van der Waals surface area contributed by atoms with E-state index in [9.17, 15) is 9.90 Å². The summed E-state index contributed by atoms with van der Waals surface area (Å²) in [7, 11) is 0. The van der Waals surface area contributed by atoms with Gasteiger partial charge in [-0.25, -0.2) is 4.79 Å². The van der Waals surface area contributed by atoms with E-state index >= 15 is 0 Å². The van der Waals surface area contributed by atoms with Gasteiger partial charge in [0.2, 0.25) is 0 Å². The van der Waals surface area contributed by atoms with Crippen LogP contribution in [0, 0.1) is 0 Å². The molecule has 2 amide bonds. The zero-order valence-corrected chi connectivity index (χ0v) is 16.8. The van der Waals surface area contributed by atoms with Gasteiger partial charge in [0.05, 0.1) is 0 Å². The Morgan fingerprint density at radius 3 is 2.43 bits per heavy atom. The summed E-state index contributed by atoms with van der Waals surface area (Å²) in [4.78, 5) is 17.6. The summed E-state index contributed by atoms with van der Waals surface area (Å²) in [6.45, 7) is 6.97. The van der Waals surface area contributed by atoms with Crippen LogP contribution >= 0.6 is 0 Å². The van der Waals surface area contributed by atoms with Crippen molar-refractivity contribution in [3.63, 3.8) is 0 Å². The molecule has 7 nitrogen and oxygen atoms in total. The number of piperazine rings is 1. The molecule has 7 heteroatoms. The summed E-state index contributed by atoms with van der Waals surface area (Å²) >= 11 is 0. The second kappa shape index (κ2) is 10.6. The highest BCUT2D eigenvalue weighted by molar-refractivity contribution is 5.72. The van der Waals surface area contributed by atoms with Crippen LogP contribution in [0.1, 0.15) is 31.2 Å². The number of nitrogens with two attached hydrogens (primary N) is 1. The third-order valence-electron chi connectivity index (χ3n) is 5.60. The molecule has 0 bridgehead atoms. The van der Waals surface area contributed by atoms with Gasteiger partial charge in [0.1, 0.15) is 18.5 Å². The molecule has 0 unspecified atom stereocenters. The molecule has 2 heterocycles. The van der Waals surface area contributed by atoms with E-state index < -0.39 is 6.10 Å². The summed E-state index contributed by atoms with van der Waals surface area (Å²) in [6.07, 6.45) is 4.58. The van der Waals surface area contributed by atoms with Gasteiger partial charge in [0, 0.05) is 39.3 Å². The van der Waals surface area contributed by atoms with Crippen LogP contribution < -0.4 is 10.5 Å². The molecule has 1 aromatic carbocycles. The van der Waals surface area contributed by atoms with Crippen LogP contribution in [0.5, 0.6) is 5.75 Å². The summed E-state index contributed by atoms with van der Waals surface area (Å²) < 4.78 is 5.85. The van der Waals surface area contributed by atoms with Gasteiger partial charge in [-0.05, 0) is 43.6 Å². The maximum atomic E-state index is 11.2. The van der Waals surface area contributed by atoms with E-state index in [2.05, 4.69) is 15.9 Å². The molecule has 3 rings (SSSR count). The van der Waals surface area contributed by atoms with Crippen molar-refractivity contribution >= 4 is 6.03 Å². The van der Waals surface area contributed by atoms with E-state index in [0.717, 1.165) is 38.5 Å². The number of β-amino-alcohol motifs (C(OH)–C–C–N with tert-alkyl or cyclic N) is 1. The van der Waals surface area contributed by atoms with Crippen molar-refractivity contribution in [1.29, 1.82) is 0 Å². The quantitative estimate of drug-likeness (QED) is 0.737. The van der Waals surface area contributed by atoms with Gasteiger partial charge in [0.25, 0.3) is 0 Å². The van der Waals surface area contributed by atoms with E-state index in [1.165, 1.54) is 31.2 Å². The lowest BCUT2D eigenvalue weighted by Crippen LogP contribution is -2.50. The fourth-order valence-electron chi connectivity index (χ4n) is 3.98. The molecule has 2 aliphatic heterocycles. The highest BCUT2D eigenvalue weighted by Crippen LogP contribution is 2.17. The lowest BCUT2D eigenvalue weighted by molar-refractivity contribution is 0.0693. The van der Waals surface area contributed by atoms with E-state index in [4.69, 9.17) is 10.5 Å². The van der Waals surface area contributed by atoms with Crippen molar-refractivity contribution in [1.82, 2.24) is 14.7 Å². The predicted octanol–water partition coefficient (Wildman–Crippen LogP) is 1.50. The van der Waals surface area contributed by atoms with Crippen LogP contribution in [-0.4, -0.2) is 84.4 Å². The van der Waals surface area contributed by atoms with Gasteiger partial charge in [-0.15, -0.1) is 0 Å². The van der Waals surface area contributed by atoms with Gasteiger partial charge in [-0.3, -0.25) is 4.90 Å². The lowest BCUT2D eigenvalue weighted by atomic mass is 10.2. The number of carbonyl (C=O) groups is 1. The second-order valence-corrected chi connectivity index (χ2v) is 7.93. The normalized spacial score (nSPS) is 20.5. The van der Waals surface area contributed by atoms with E-state index in [1.54, 1.807) is 4.90 Å². The Morgan fingerprint density at radius 1 is 1.04 bits per heavy atom. The Morgan fingerprint density at radius 2 is 1.75 bits per heavy atom. The average molecular weight is 391 g/mol. The third kappa shape index (κ3) is 6.65. The number of hydrogen-bond acceptors (Lipinski definition) is 5. The second-order valence-electron chi connectivity index (χ2n) is 7.93. The molecule has 3 N–H and O–H groups in total. The van der Waals surface area contributed by atoms with Crippen molar-refractivity contribution in [3.8, 4) is 5.75 Å². The molecule has 2 fully saturated rings. The number of ether oxygens (including phenoxy) is 1. The standard InChI is InChI=1S/C21H34N4O3/c22-21(27)25-12-10-24(11-13-25)15-18-6-5-7-20(14-18)28-17-19(26)16-23-8-3-1-2-4-9-23/h5-7,14,19,26H,1-4,8-13,15-17H2,(H2,22,27)/t19-/m0/s1. The fourth-order valence-corrected chi connectivity index (χ4v) is 3.98. The van der Waals surface area contributed by atoms with E-state index in [-0.39, 0.29) is 6.03 Å². The minimum Gasteiger partial charge on any atom is -0.491 e. The minimum absolute atomic E-state index is 0.317. The number of primary amides is 1. The number of likely N-dealkylation sites (tertiary alicyclic amines) is 1. The van der Waals surface area contributed by atoms with Crippen LogP contribution in [0.25, 0.3) is 0 Å². The molecule has 28 heavy (non-hydrogen) atoms. The van der Waals surface area contributed by atoms with Gasteiger partial charge >= 0.3 is 6.03 Å². The number of aliphatic hydroxyl groups excluding tert-OH is 1. The maximum absolute atomic E-state index is 11.2. The van der Waals surface area contributed by atoms with E-state index in [0.29, 0.717) is 26.2 Å². The topological polar surface area (TPSA) is 82.3 Å². The van der Waals surface area contributed by atoms with Crippen molar-refractivity contribution in [2.75, 3.05) is 52.4 Å². The molecule has 0 spiro atoms. The van der Waals surface area contributed by atoms with E-state index in [1.807, 2.05) is 18.2 Å². The Kier molecular flexibility index (Phi) is 7.94. The third-order valence-corrected chi connectivity index (χ3v) is 5.60. The zero-order chi connectivity index (χ0) is 19.8. The molecular formula is C21H34N4O3. The van der Waals surface area contributed by atoms with Crippen molar-refractivity contribution < 1.29 is 14.6 Å². The highest BCUT2D eigenvalue weighted by Gasteiger charge is 2.19. The maximum Gasteiger partial charge on any atom is 0.314 e. The van der Waals surface area contributed by atoms with Gasteiger partial charge in [0.15, 0.2) is 0 Å². The monoisotopic (exact) mass is 390 g/mol.